The van der Waals surface area contributed by atoms with Gasteiger partial charge in [-0.05, 0) is 23.8 Å². The van der Waals surface area contributed by atoms with Gasteiger partial charge >= 0.3 is 0 Å². The molecular weight excluding hydrogens is 450 g/mol. The van der Waals surface area contributed by atoms with E-state index in [1.54, 1.807) is 31.4 Å². The fraction of sp³-hybridized carbons (Fsp3) is 0.429. The second kappa shape index (κ2) is 11.7. The van der Waals surface area contributed by atoms with Crippen molar-refractivity contribution in [2.24, 2.45) is 0 Å². The molecule has 1 saturated heterocycles. The van der Waals surface area contributed by atoms with Gasteiger partial charge in [0.1, 0.15) is 35.8 Å². The molecule has 0 radical (unpaired) electrons. The van der Waals surface area contributed by atoms with E-state index in [0.29, 0.717) is 5.75 Å². The summed E-state index contributed by atoms with van der Waals surface area (Å²) in [5, 5.41) is 40.2. The number of hydrogen-bond acceptors (Lipinski definition) is 10. The molecule has 1 aromatic heterocycles. The van der Waals surface area contributed by atoms with Crippen molar-refractivity contribution in [3.63, 3.8) is 0 Å². The number of rotatable bonds is 9. The Kier molecular flexibility index (Phi) is 8.67. The second-order valence-corrected chi connectivity index (χ2v) is 7.51. The molecule has 3 rings (SSSR count). The van der Waals surface area contributed by atoms with Crippen molar-refractivity contribution in [1.82, 2.24) is 25.8 Å². The SMILES string of the molecule is COc1ccc(CONC(=O)/C=C/c2cn([C@@H]3O[C@H](CO)[C@@H](O)[C@H](O)[C@H]3NC(C)=O)nn2)cc1. The molecule has 1 fully saturated rings. The summed E-state index contributed by atoms with van der Waals surface area (Å²) in [6.07, 6.45) is -1.01. The van der Waals surface area contributed by atoms with Crippen molar-refractivity contribution in [3.05, 3.63) is 47.8 Å². The summed E-state index contributed by atoms with van der Waals surface area (Å²) >= 11 is 0. The van der Waals surface area contributed by atoms with Gasteiger partial charge in [-0.1, -0.05) is 17.3 Å². The van der Waals surface area contributed by atoms with Crippen LogP contribution in [-0.2, 0) is 25.8 Å². The van der Waals surface area contributed by atoms with Crippen LogP contribution in [0.25, 0.3) is 6.08 Å². The van der Waals surface area contributed by atoms with E-state index in [-0.39, 0.29) is 12.3 Å². The molecule has 5 atom stereocenters. The molecular formula is C21H27N5O8. The number of hydrogen-bond donors (Lipinski definition) is 5. The number of aromatic nitrogens is 3. The summed E-state index contributed by atoms with van der Waals surface area (Å²) in [4.78, 5) is 28.7. The zero-order valence-corrected chi connectivity index (χ0v) is 18.6. The molecule has 2 heterocycles. The minimum atomic E-state index is -1.42. The normalized spacial score (nSPS) is 24.7. The smallest absolute Gasteiger partial charge is 0.267 e. The summed E-state index contributed by atoms with van der Waals surface area (Å²) in [6, 6.07) is 6.11. The molecule has 0 bridgehead atoms. The van der Waals surface area contributed by atoms with Crippen LogP contribution in [0.15, 0.2) is 36.5 Å². The van der Waals surface area contributed by atoms with Gasteiger partial charge in [0, 0.05) is 13.0 Å². The van der Waals surface area contributed by atoms with Crippen LogP contribution in [0.5, 0.6) is 5.75 Å². The van der Waals surface area contributed by atoms with Crippen LogP contribution >= 0.6 is 0 Å². The van der Waals surface area contributed by atoms with E-state index >= 15 is 0 Å². The maximum absolute atomic E-state index is 12.0. The lowest BCUT2D eigenvalue weighted by Gasteiger charge is -2.42. The number of hydroxylamine groups is 1. The third-order valence-corrected chi connectivity index (χ3v) is 5.03. The first-order chi connectivity index (χ1) is 16.3. The zero-order valence-electron chi connectivity index (χ0n) is 18.6. The van der Waals surface area contributed by atoms with Crippen LogP contribution in [0.4, 0.5) is 0 Å². The van der Waals surface area contributed by atoms with E-state index < -0.39 is 49.0 Å². The van der Waals surface area contributed by atoms with Crippen molar-refractivity contribution >= 4 is 17.9 Å². The molecule has 184 valence electrons. The topological polar surface area (TPSA) is 177 Å². The summed E-state index contributed by atoms with van der Waals surface area (Å²) in [6.45, 7) is 0.850. The number of carbonyl (C=O) groups excluding carboxylic acids is 2. The molecule has 13 heteroatoms. The van der Waals surface area contributed by atoms with Gasteiger partial charge in [-0.25, -0.2) is 10.2 Å². The van der Waals surface area contributed by atoms with Gasteiger partial charge in [0.2, 0.25) is 5.91 Å². The number of aliphatic hydroxyl groups is 3. The summed E-state index contributed by atoms with van der Waals surface area (Å²) in [5.41, 5.74) is 3.39. The van der Waals surface area contributed by atoms with E-state index in [2.05, 4.69) is 21.1 Å². The molecule has 2 aromatic rings. The number of aliphatic hydroxyl groups excluding tert-OH is 3. The Bertz CT molecular complexity index is 995. The maximum Gasteiger partial charge on any atom is 0.267 e. The second-order valence-electron chi connectivity index (χ2n) is 7.51. The van der Waals surface area contributed by atoms with Crippen molar-refractivity contribution in [1.29, 1.82) is 0 Å². The predicted octanol–water partition coefficient (Wildman–Crippen LogP) is -1.34. The Labute approximate surface area is 194 Å². The van der Waals surface area contributed by atoms with E-state index in [4.69, 9.17) is 14.3 Å². The summed E-state index contributed by atoms with van der Waals surface area (Å²) < 4.78 is 11.9. The molecule has 0 aliphatic carbocycles. The molecule has 1 aliphatic heterocycles. The minimum Gasteiger partial charge on any atom is -0.497 e. The van der Waals surface area contributed by atoms with Crippen LogP contribution in [0.3, 0.4) is 0 Å². The number of nitrogens with one attached hydrogen (secondary N) is 2. The van der Waals surface area contributed by atoms with Crippen LogP contribution in [0.2, 0.25) is 0 Å². The van der Waals surface area contributed by atoms with Crippen LogP contribution in [0.1, 0.15) is 24.4 Å². The molecule has 0 unspecified atom stereocenters. The predicted molar refractivity (Wildman–Crippen MR) is 116 cm³/mol. The Morgan fingerprint density at radius 1 is 1.24 bits per heavy atom. The van der Waals surface area contributed by atoms with Gasteiger partial charge in [-0.3, -0.25) is 14.4 Å². The van der Waals surface area contributed by atoms with Crippen molar-refractivity contribution in [3.8, 4) is 5.75 Å². The van der Waals surface area contributed by atoms with Crippen molar-refractivity contribution < 1.29 is 39.2 Å². The molecule has 1 aliphatic rings. The average Bonchev–Trinajstić information content (AvgIpc) is 3.30. The highest BCUT2D eigenvalue weighted by Crippen LogP contribution is 2.28. The molecule has 0 spiro atoms. The molecule has 34 heavy (non-hydrogen) atoms. The van der Waals surface area contributed by atoms with E-state index in [1.165, 1.54) is 30.0 Å². The third kappa shape index (κ3) is 6.36. The fourth-order valence-electron chi connectivity index (χ4n) is 3.31. The number of amides is 2. The van der Waals surface area contributed by atoms with Gasteiger partial charge in [-0.15, -0.1) is 5.10 Å². The highest BCUT2D eigenvalue weighted by molar-refractivity contribution is 5.90. The first kappa shape index (κ1) is 25.3. The Morgan fingerprint density at radius 3 is 2.62 bits per heavy atom. The molecule has 2 amide bonds. The highest BCUT2D eigenvalue weighted by Gasteiger charge is 2.46. The number of ether oxygens (including phenoxy) is 2. The first-order valence-electron chi connectivity index (χ1n) is 10.4. The first-order valence-corrected chi connectivity index (χ1v) is 10.4. The van der Waals surface area contributed by atoms with E-state index in [1.807, 2.05) is 0 Å². The number of benzene rings is 1. The molecule has 5 N–H and O–H groups in total. The minimum absolute atomic E-state index is 0.156. The lowest BCUT2D eigenvalue weighted by molar-refractivity contribution is -0.219. The Morgan fingerprint density at radius 2 is 1.97 bits per heavy atom. The number of methoxy groups -OCH3 is 1. The Hall–Kier alpha value is -3.36. The van der Waals surface area contributed by atoms with Gasteiger partial charge in [0.25, 0.3) is 5.91 Å². The summed E-state index contributed by atoms with van der Waals surface area (Å²) in [5.74, 6) is -0.283. The zero-order chi connectivity index (χ0) is 24.7. The molecule has 0 saturated carbocycles. The van der Waals surface area contributed by atoms with Gasteiger partial charge in [0.15, 0.2) is 6.23 Å². The largest absolute Gasteiger partial charge is 0.497 e. The van der Waals surface area contributed by atoms with E-state index in [9.17, 15) is 24.9 Å². The fourth-order valence-corrected chi connectivity index (χ4v) is 3.31. The van der Waals surface area contributed by atoms with Crippen LogP contribution in [-0.4, -0.2) is 80.2 Å². The van der Waals surface area contributed by atoms with E-state index in [0.717, 1.165) is 5.56 Å². The summed E-state index contributed by atoms with van der Waals surface area (Å²) in [7, 11) is 1.57. The van der Waals surface area contributed by atoms with Crippen molar-refractivity contribution in [2.45, 2.75) is 44.1 Å². The molecule has 1 aromatic carbocycles. The number of nitrogens with zero attached hydrogens (tertiary/aromatic N) is 3. The monoisotopic (exact) mass is 477 g/mol. The number of carbonyl (C=O) groups is 2. The van der Waals surface area contributed by atoms with Gasteiger partial charge < -0.3 is 30.1 Å². The molecule has 13 nitrogen and oxygen atoms in total. The highest BCUT2D eigenvalue weighted by atomic mass is 16.6. The Balaban J connectivity index is 1.59. The van der Waals surface area contributed by atoms with Crippen LogP contribution in [0, 0.1) is 0 Å². The van der Waals surface area contributed by atoms with Crippen molar-refractivity contribution in [2.75, 3.05) is 13.7 Å². The van der Waals surface area contributed by atoms with Crippen LogP contribution < -0.4 is 15.5 Å². The third-order valence-electron chi connectivity index (χ3n) is 5.03. The standard InChI is InChI=1S/C21H27N5O8/c1-12(28)22-18-20(31)19(30)16(10-27)34-21(18)26-9-14(23-25-26)5-8-17(29)24-33-11-13-3-6-15(32-2)7-4-13/h3-9,16,18-21,27,30-31H,10-11H2,1-2H3,(H,22,28)(H,24,29)/b8-5+/t16-,18-,19-,20-,21-/m1/s1. The lowest BCUT2D eigenvalue weighted by Crippen LogP contribution is -2.62. The quantitative estimate of drug-likeness (QED) is 0.215. The lowest BCUT2D eigenvalue weighted by atomic mass is 9.96. The average molecular weight is 477 g/mol. The van der Waals surface area contributed by atoms with Gasteiger partial charge in [0.05, 0.1) is 26.5 Å². The maximum atomic E-state index is 12.0. The van der Waals surface area contributed by atoms with Gasteiger partial charge in [-0.2, -0.15) is 0 Å².